The first-order valence-electron chi connectivity index (χ1n) is 8.79. The molecule has 2 amide bonds. The molecule has 0 unspecified atom stereocenters. The second kappa shape index (κ2) is 10.8. The van der Waals surface area contributed by atoms with Gasteiger partial charge in [0.05, 0.1) is 18.8 Å². The lowest BCUT2D eigenvalue weighted by Crippen LogP contribution is -2.23. The Morgan fingerprint density at radius 1 is 1.04 bits per heavy atom. The van der Waals surface area contributed by atoms with Gasteiger partial charge in [0.1, 0.15) is 12.4 Å². The number of rotatable bonds is 10. The molecule has 144 valence electrons. The number of carbonyl (C=O) groups excluding carboxylic acids is 2. The molecule has 7 heteroatoms. The average molecular weight is 371 g/mol. The van der Waals surface area contributed by atoms with Crippen molar-refractivity contribution in [3.8, 4) is 5.75 Å². The minimum atomic E-state index is -0.229. The first-order valence-corrected chi connectivity index (χ1v) is 8.79. The Balaban J connectivity index is 1.89. The van der Waals surface area contributed by atoms with Gasteiger partial charge in [-0.1, -0.05) is 18.2 Å². The molecular weight excluding hydrogens is 346 g/mol. The molecule has 0 fully saturated rings. The van der Waals surface area contributed by atoms with Crippen molar-refractivity contribution >= 4 is 23.2 Å². The van der Waals surface area contributed by atoms with Crippen molar-refractivity contribution in [1.29, 1.82) is 0 Å². The van der Waals surface area contributed by atoms with Gasteiger partial charge < -0.3 is 25.4 Å². The third-order valence-corrected chi connectivity index (χ3v) is 3.65. The van der Waals surface area contributed by atoms with E-state index in [9.17, 15) is 9.59 Å². The Bertz CT molecular complexity index is 764. The fraction of sp³-hybridized carbons (Fsp3) is 0.300. The maximum Gasteiger partial charge on any atom is 0.251 e. The van der Waals surface area contributed by atoms with E-state index in [4.69, 9.17) is 9.47 Å². The van der Waals surface area contributed by atoms with Crippen molar-refractivity contribution in [2.45, 2.75) is 6.92 Å². The normalized spacial score (nSPS) is 10.1. The number of hydrogen-bond acceptors (Lipinski definition) is 5. The van der Waals surface area contributed by atoms with E-state index in [1.807, 2.05) is 31.2 Å². The van der Waals surface area contributed by atoms with Crippen LogP contribution < -0.4 is 20.7 Å². The van der Waals surface area contributed by atoms with Gasteiger partial charge in [-0.05, 0) is 37.3 Å². The quantitative estimate of drug-likeness (QED) is 0.559. The molecule has 0 saturated carbocycles. The van der Waals surface area contributed by atoms with E-state index >= 15 is 0 Å². The Labute approximate surface area is 159 Å². The minimum absolute atomic E-state index is 0.0655. The number of carbonyl (C=O) groups is 2. The molecule has 3 N–H and O–H groups in total. The summed E-state index contributed by atoms with van der Waals surface area (Å²) in [5.74, 6) is 0.224. The molecule has 0 aliphatic heterocycles. The fourth-order valence-corrected chi connectivity index (χ4v) is 2.36. The summed E-state index contributed by atoms with van der Waals surface area (Å²) < 4.78 is 10.9. The third-order valence-electron chi connectivity index (χ3n) is 3.65. The zero-order valence-corrected chi connectivity index (χ0v) is 15.6. The van der Waals surface area contributed by atoms with Crippen LogP contribution in [0, 0.1) is 0 Å². The zero-order valence-electron chi connectivity index (χ0n) is 15.6. The van der Waals surface area contributed by atoms with Gasteiger partial charge in [-0.15, -0.1) is 0 Å². The summed E-state index contributed by atoms with van der Waals surface area (Å²) in [5, 5.41) is 8.39. The van der Waals surface area contributed by atoms with Crippen molar-refractivity contribution in [2.75, 3.05) is 44.0 Å². The third kappa shape index (κ3) is 6.63. The minimum Gasteiger partial charge on any atom is -0.489 e. The van der Waals surface area contributed by atoms with E-state index < -0.39 is 0 Å². The second-order valence-corrected chi connectivity index (χ2v) is 5.60. The smallest absolute Gasteiger partial charge is 0.251 e. The molecule has 0 saturated heterocycles. The highest BCUT2D eigenvalue weighted by Crippen LogP contribution is 2.23. The fourth-order valence-electron chi connectivity index (χ4n) is 2.36. The van der Waals surface area contributed by atoms with Crippen LogP contribution in [0.2, 0.25) is 0 Å². The van der Waals surface area contributed by atoms with Gasteiger partial charge in [0, 0.05) is 24.9 Å². The maximum absolute atomic E-state index is 12.2. The van der Waals surface area contributed by atoms with Crippen LogP contribution in [-0.2, 0) is 9.53 Å². The number of nitrogens with one attached hydrogen (secondary N) is 3. The lowest BCUT2D eigenvalue weighted by Gasteiger charge is -2.13. The van der Waals surface area contributed by atoms with Gasteiger partial charge in [0.25, 0.3) is 5.91 Å². The SMILES string of the molecule is CCOCCOc1ccccc1NCC(=O)Nc1cccc(C(=O)NC)c1. The molecule has 0 spiro atoms. The van der Waals surface area contributed by atoms with Crippen LogP contribution in [-0.4, -0.2) is 45.2 Å². The summed E-state index contributed by atoms with van der Waals surface area (Å²) in [6.45, 7) is 3.58. The van der Waals surface area contributed by atoms with Gasteiger partial charge in [0.2, 0.25) is 5.91 Å². The number of benzene rings is 2. The monoisotopic (exact) mass is 371 g/mol. The molecule has 0 aliphatic carbocycles. The summed E-state index contributed by atoms with van der Waals surface area (Å²) in [4.78, 5) is 23.9. The van der Waals surface area contributed by atoms with Crippen LogP contribution in [0.5, 0.6) is 5.75 Å². The predicted octanol–water partition coefficient (Wildman–Crippen LogP) is 2.51. The largest absolute Gasteiger partial charge is 0.489 e. The van der Waals surface area contributed by atoms with E-state index in [2.05, 4.69) is 16.0 Å². The number of para-hydroxylation sites is 2. The Morgan fingerprint density at radius 3 is 2.63 bits per heavy atom. The summed E-state index contributed by atoms with van der Waals surface area (Å²) in [7, 11) is 1.56. The highest BCUT2D eigenvalue weighted by molar-refractivity contribution is 5.98. The number of amides is 2. The molecule has 0 aliphatic rings. The van der Waals surface area contributed by atoms with Crippen LogP contribution >= 0.6 is 0 Å². The first kappa shape index (κ1) is 20.3. The molecule has 27 heavy (non-hydrogen) atoms. The molecule has 0 radical (unpaired) electrons. The van der Waals surface area contributed by atoms with E-state index in [1.54, 1.807) is 31.3 Å². The molecule has 7 nitrogen and oxygen atoms in total. The summed E-state index contributed by atoms with van der Waals surface area (Å²) in [6.07, 6.45) is 0. The van der Waals surface area contributed by atoms with Crippen LogP contribution in [0.25, 0.3) is 0 Å². The molecular formula is C20H25N3O4. The molecule has 0 bridgehead atoms. The molecule has 2 rings (SSSR count). The van der Waals surface area contributed by atoms with Crippen molar-refractivity contribution in [2.24, 2.45) is 0 Å². The van der Waals surface area contributed by atoms with E-state index in [1.165, 1.54) is 0 Å². The van der Waals surface area contributed by atoms with Gasteiger partial charge in [-0.2, -0.15) is 0 Å². The number of hydrogen-bond donors (Lipinski definition) is 3. The Morgan fingerprint density at radius 2 is 1.85 bits per heavy atom. The lowest BCUT2D eigenvalue weighted by atomic mass is 10.2. The van der Waals surface area contributed by atoms with Crippen LogP contribution in [0.1, 0.15) is 17.3 Å². The van der Waals surface area contributed by atoms with Crippen molar-refractivity contribution in [3.63, 3.8) is 0 Å². The predicted molar refractivity (Wildman–Crippen MR) is 105 cm³/mol. The second-order valence-electron chi connectivity index (χ2n) is 5.60. The maximum atomic E-state index is 12.2. The van der Waals surface area contributed by atoms with E-state index in [0.717, 1.165) is 5.69 Å². The topological polar surface area (TPSA) is 88.7 Å². The van der Waals surface area contributed by atoms with E-state index in [-0.39, 0.29) is 18.4 Å². The van der Waals surface area contributed by atoms with E-state index in [0.29, 0.717) is 36.8 Å². The van der Waals surface area contributed by atoms with Gasteiger partial charge in [-0.25, -0.2) is 0 Å². The first-order chi connectivity index (χ1) is 13.1. The highest BCUT2D eigenvalue weighted by Gasteiger charge is 2.08. The van der Waals surface area contributed by atoms with Crippen LogP contribution in [0.4, 0.5) is 11.4 Å². The van der Waals surface area contributed by atoms with Gasteiger partial charge in [-0.3, -0.25) is 9.59 Å². The molecule has 0 aromatic heterocycles. The summed E-state index contributed by atoms with van der Waals surface area (Å²) in [5.41, 5.74) is 1.77. The standard InChI is InChI=1S/C20H25N3O4/c1-3-26-11-12-27-18-10-5-4-9-17(18)22-14-19(24)23-16-8-6-7-15(13-16)20(25)21-2/h4-10,13,22H,3,11-12,14H2,1-2H3,(H,21,25)(H,23,24). The highest BCUT2D eigenvalue weighted by atomic mass is 16.5. The number of anilines is 2. The molecule has 2 aromatic rings. The molecule has 0 atom stereocenters. The van der Waals surface area contributed by atoms with Gasteiger partial charge in [0.15, 0.2) is 0 Å². The Hall–Kier alpha value is -3.06. The van der Waals surface area contributed by atoms with Crippen molar-refractivity contribution in [3.05, 3.63) is 54.1 Å². The lowest BCUT2D eigenvalue weighted by molar-refractivity contribution is -0.114. The number of ether oxygens (including phenoxy) is 2. The summed E-state index contributed by atoms with van der Waals surface area (Å²) in [6, 6.07) is 14.2. The zero-order chi connectivity index (χ0) is 19.5. The van der Waals surface area contributed by atoms with Crippen LogP contribution in [0.3, 0.4) is 0 Å². The van der Waals surface area contributed by atoms with Crippen molar-refractivity contribution < 1.29 is 19.1 Å². The van der Waals surface area contributed by atoms with Crippen LogP contribution in [0.15, 0.2) is 48.5 Å². The Kier molecular flexibility index (Phi) is 8.12. The summed E-state index contributed by atoms with van der Waals surface area (Å²) >= 11 is 0. The average Bonchev–Trinajstić information content (AvgIpc) is 2.70. The molecule has 0 heterocycles. The molecule has 2 aromatic carbocycles. The van der Waals surface area contributed by atoms with Crippen molar-refractivity contribution in [1.82, 2.24) is 5.32 Å². The van der Waals surface area contributed by atoms with Gasteiger partial charge >= 0.3 is 0 Å².